The SMILES string of the molecule is NC(=O)CSc1ccccc1NC1CCN(C(N)=O)CC1. The van der Waals surface area contributed by atoms with Gasteiger partial charge >= 0.3 is 6.03 Å². The molecule has 1 aliphatic heterocycles. The van der Waals surface area contributed by atoms with Crippen molar-refractivity contribution in [2.75, 3.05) is 24.2 Å². The maximum Gasteiger partial charge on any atom is 0.314 e. The number of anilines is 1. The third kappa shape index (κ3) is 4.56. The number of thioether (sulfide) groups is 1. The Balaban J connectivity index is 1.94. The van der Waals surface area contributed by atoms with Gasteiger partial charge < -0.3 is 21.7 Å². The lowest BCUT2D eigenvalue weighted by atomic mass is 10.0. The van der Waals surface area contributed by atoms with Crippen LogP contribution in [-0.2, 0) is 4.79 Å². The fraction of sp³-hybridized carbons (Fsp3) is 0.429. The minimum Gasteiger partial charge on any atom is -0.381 e. The molecule has 6 nitrogen and oxygen atoms in total. The average Bonchev–Trinajstić information content (AvgIpc) is 2.47. The molecule has 0 aromatic heterocycles. The van der Waals surface area contributed by atoms with E-state index in [2.05, 4.69) is 5.32 Å². The molecule has 0 aliphatic carbocycles. The lowest BCUT2D eigenvalue weighted by molar-refractivity contribution is -0.115. The number of urea groups is 1. The Kier molecular flexibility index (Phi) is 5.32. The number of rotatable bonds is 5. The van der Waals surface area contributed by atoms with Crippen LogP contribution in [-0.4, -0.2) is 41.7 Å². The zero-order valence-electron chi connectivity index (χ0n) is 11.7. The monoisotopic (exact) mass is 308 g/mol. The molecule has 2 rings (SSSR count). The molecule has 1 aromatic rings. The van der Waals surface area contributed by atoms with Crippen LogP contribution >= 0.6 is 11.8 Å². The first-order chi connectivity index (χ1) is 10.1. The molecule has 1 aliphatic rings. The molecule has 1 fully saturated rings. The number of nitrogens with zero attached hydrogens (tertiary/aromatic N) is 1. The normalized spacial score (nSPS) is 15.7. The number of piperidine rings is 1. The van der Waals surface area contributed by atoms with Crippen LogP contribution in [0.2, 0.25) is 0 Å². The highest BCUT2D eigenvalue weighted by Crippen LogP contribution is 2.28. The maximum absolute atomic E-state index is 11.1. The Morgan fingerprint density at radius 2 is 1.90 bits per heavy atom. The summed E-state index contributed by atoms with van der Waals surface area (Å²) < 4.78 is 0. The largest absolute Gasteiger partial charge is 0.381 e. The Morgan fingerprint density at radius 1 is 1.24 bits per heavy atom. The molecule has 114 valence electrons. The van der Waals surface area contributed by atoms with Gasteiger partial charge in [0.05, 0.1) is 5.75 Å². The van der Waals surface area contributed by atoms with Crippen molar-refractivity contribution >= 4 is 29.4 Å². The second-order valence-corrected chi connectivity index (χ2v) is 6.01. The molecular weight excluding hydrogens is 288 g/mol. The van der Waals surface area contributed by atoms with Crippen LogP contribution in [0.5, 0.6) is 0 Å². The molecule has 0 bridgehead atoms. The van der Waals surface area contributed by atoms with Gasteiger partial charge in [-0.3, -0.25) is 4.79 Å². The molecule has 5 N–H and O–H groups in total. The summed E-state index contributed by atoms with van der Waals surface area (Å²) in [6.07, 6.45) is 1.72. The van der Waals surface area contributed by atoms with Crippen molar-refractivity contribution in [3.8, 4) is 0 Å². The molecule has 21 heavy (non-hydrogen) atoms. The summed E-state index contributed by atoms with van der Waals surface area (Å²) >= 11 is 1.43. The van der Waals surface area contributed by atoms with Gasteiger partial charge in [-0.15, -0.1) is 11.8 Å². The van der Waals surface area contributed by atoms with E-state index in [4.69, 9.17) is 11.5 Å². The first-order valence-corrected chi connectivity index (χ1v) is 7.86. The first kappa shape index (κ1) is 15.5. The number of primary amides is 2. The smallest absolute Gasteiger partial charge is 0.314 e. The van der Waals surface area contributed by atoms with E-state index in [9.17, 15) is 9.59 Å². The van der Waals surface area contributed by atoms with E-state index in [0.29, 0.717) is 19.1 Å². The van der Waals surface area contributed by atoms with Gasteiger partial charge in [0.15, 0.2) is 0 Å². The number of carbonyl (C=O) groups excluding carboxylic acids is 2. The lowest BCUT2D eigenvalue weighted by Crippen LogP contribution is -2.44. The highest BCUT2D eigenvalue weighted by Gasteiger charge is 2.21. The fourth-order valence-corrected chi connectivity index (χ4v) is 3.08. The van der Waals surface area contributed by atoms with E-state index in [0.717, 1.165) is 23.4 Å². The number of amides is 3. The molecule has 1 heterocycles. The van der Waals surface area contributed by atoms with Crippen molar-refractivity contribution in [1.82, 2.24) is 4.90 Å². The zero-order chi connectivity index (χ0) is 15.2. The van der Waals surface area contributed by atoms with Crippen LogP contribution in [0.25, 0.3) is 0 Å². The standard InChI is InChI=1S/C14H20N4O2S/c15-13(19)9-21-12-4-2-1-3-11(12)17-10-5-7-18(8-6-10)14(16)20/h1-4,10,17H,5-9H2,(H2,15,19)(H2,16,20). The fourth-order valence-electron chi connectivity index (χ4n) is 2.32. The molecule has 3 amide bonds. The predicted octanol–water partition coefficient (Wildman–Crippen LogP) is 1.22. The number of nitrogens with one attached hydrogen (secondary N) is 1. The van der Waals surface area contributed by atoms with Gasteiger partial charge in [0.25, 0.3) is 0 Å². The van der Waals surface area contributed by atoms with E-state index in [1.807, 2.05) is 24.3 Å². The van der Waals surface area contributed by atoms with E-state index in [1.54, 1.807) is 4.90 Å². The molecule has 0 radical (unpaired) electrons. The quantitative estimate of drug-likeness (QED) is 0.712. The van der Waals surface area contributed by atoms with Gasteiger partial charge in [-0.2, -0.15) is 0 Å². The summed E-state index contributed by atoms with van der Waals surface area (Å²) in [7, 11) is 0. The molecule has 1 saturated heterocycles. The molecule has 0 unspecified atom stereocenters. The summed E-state index contributed by atoms with van der Waals surface area (Å²) in [6, 6.07) is 7.79. The Labute approximate surface area is 128 Å². The van der Waals surface area contributed by atoms with E-state index >= 15 is 0 Å². The topological polar surface area (TPSA) is 101 Å². The van der Waals surface area contributed by atoms with E-state index in [-0.39, 0.29) is 17.7 Å². The van der Waals surface area contributed by atoms with Crippen LogP contribution in [0.3, 0.4) is 0 Å². The number of para-hydroxylation sites is 1. The summed E-state index contributed by atoms with van der Waals surface area (Å²) in [4.78, 5) is 24.7. The summed E-state index contributed by atoms with van der Waals surface area (Å²) in [5.74, 6) is -0.0664. The second kappa shape index (κ2) is 7.21. The number of hydrogen-bond acceptors (Lipinski definition) is 4. The molecule has 0 saturated carbocycles. The van der Waals surface area contributed by atoms with Crippen molar-refractivity contribution in [3.05, 3.63) is 24.3 Å². The summed E-state index contributed by atoms with van der Waals surface area (Å²) in [6.45, 7) is 1.34. The molecule has 7 heteroatoms. The maximum atomic E-state index is 11.1. The first-order valence-electron chi connectivity index (χ1n) is 6.87. The van der Waals surface area contributed by atoms with Crippen LogP contribution in [0.4, 0.5) is 10.5 Å². The number of nitrogens with two attached hydrogens (primary N) is 2. The van der Waals surface area contributed by atoms with Crippen LogP contribution in [0.1, 0.15) is 12.8 Å². The van der Waals surface area contributed by atoms with Gasteiger partial charge in [0.2, 0.25) is 5.91 Å². The van der Waals surface area contributed by atoms with E-state index in [1.165, 1.54) is 11.8 Å². The second-order valence-electron chi connectivity index (χ2n) is 5.00. The molecule has 0 atom stereocenters. The molecule has 1 aromatic carbocycles. The third-order valence-electron chi connectivity index (χ3n) is 3.42. The van der Waals surface area contributed by atoms with Gasteiger partial charge in [0, 0.05) is 29.7 Å². The van der Waals surface area contributed by atoms with Crippen molar-refractivity contribution in [1.29, 1.82) is 0 Å². The number of benzene rings is 1. The number of likely N-dealkylation sites (tertiary alicyclic amines) is 1. The average molecular weight is 308 g/mol. The third-order valence-corrected chi connectivity index (χ3v) is 4.52. The zero-order valence-corrected chi connectivity index (χ0v) is 12.6. The van der Waals surface area contributed by atoms with Crippen molar-refractivity contribution in [2.24, 2.45) is 11.5 Å². The minimum absolute atomic E-state index is 0.263. The summed E-state index contributed by atoms with van der Waals surface area (Å²) in [5, 5.41) is 3.48. The van der Waals surface area contributed by atoms with Crippen LogP contribution in [0, 0.1) is 0 Å². The predicted molar refractivity (Wildman–Crippen MR) is 84.2 cm³/mol. The Morgan fingerprint density at radius 3 is 2.52 bits per heavy atom. The summed E-state index contributed by atoms with van der Waals surface area (Å²) in [5.41, 5.74) is 11.5. The molecular formula is C14H20N4O2S. The van der Waals surface area contributed by atoms with Gasteiger partial charge in [-0.05, 0) is 25.0 Å². The van der Waals surface area contributed by atoms with Gasteiger partial charge in [-0.25, -0.2) is 4.79 Å². The van der Waals surface area contributed by atoms with Crippen molar-refractivity contribution in [3.63, 3.8) is 0 Å². The van der Waals surface area contributed by atoms with Gasteiger partial charge in [-0.1, -0.05) is 12.1 Å². The minimum atomic E-state index is -0.356. The lowest BCUT2D eigenvalue weighted by Gasteiger charge is -2.32. The molecule has 0 spiro atoms. The van der Waals surface area contributed by atoms with Crippen LogP contribution < -0.4 is 16.8 Å². The van der Waals surface area contributed by atoms with E-state index < -0.39 is 0 Å². The van der Waals surface area contributed by atoms with Crippen molar-refractivity contribution < 1.29 is 9.59 Å². The number of carbonyl (C=O) groups is 2. The number of hydrogen-bond donors (Lipinski definition) is 3. The van der Waals surface area contributed by atoms with Crippen molar-refractivity contribution in [2.45, 2.75) is 23.8 Å². The Bertz CT molecular complexity index is 515. The highest BCUT2D eigenvalue weighted by molar-refractivity contribution is 8.00. The Hall–Kier alpha value is -1.89. The van der Waals surface area contributed by atoms with Gasteiger partial charge in [0.1, 0.15) is 0 Å². The highest BCUT2D eigenvalue weighted by atomic mass is 32.2. The van der Waals surface area contributed by atoms with Crippen LogP contribution in [0.15, 0.2) is 29.2 Å².